The average molecular weight is 311 g/mol. The van der Waals surface area contributed by atoms with Crippen molar-refractivity contribution in [2.75, 3.05) is 27.7 Å². The Labute approximate surface area is 138 Å². The van der Waals surface area contributed by atoms with E-state index in [0.717, 1.165) is 18.1 Å². The molecule has 0 heterocycles. The predicted molar refractivity (Wildman–Crippen MR) is 95.5 cm³/mol. The van der Waals surface area contributed by atoms with Crippen LogP contribution in [0.15, 0.2) is 65.7 Å². The third-order valence-electron chi connectivity index (χ3n) is 3.74. The normalized spacial score (nSPS) is 12.7. The highest BCUT2D eigenvalue weighted by Gasteiger charge is 2.12. The molecule has 0 fully saturated rings. The first-order valence-corrected chi connectivity index (χ1v) is 7.78. The maximum Gasteiger partial charge on any atom is 0.193 e. The summed E-state index contributed by atoms with van der Waals surface area (Å²) in [6.45, 7) is 1.48. The molecule has 23 heavy (non-hydrogen) atoms. The molecule has 122 valence electrons. The van der Waals surface area contributed by atoms with Crippen molar-refractivity contribution in [1.29, 1.82) is 0 Å². The number of benzene rings is 2. The summed E-state index contributed by atoms with van der Waals surface area (Å²) in [7, 11) is 5.57. The van der Waals surface area contributed by atoms with Gasteiger partial charge in [-0.3, -0.25) is 4.99 Å². The summed E-state index contributed by atoms with van der Waals surface area (Å²) in [6.07, 6.45) is -0.00178. The number of hydrogen-bond donors (Lipinski definition) is 1. The van der Waals surface area contributed by atoms with Crippen molar-refractivity contribution in [2.24, 2.45) is 4.99 Å². The topological polar surface area (TPSA) is 36.9 Å². The van der Waals surface area contributed by atoms with Crippen LogP contribution in [-0.2, 0) is 11.3 Å². The second-order valence-electron chi connectivity index (χ2n) is 5.40. The lowest BCUT2D eigenvalue weighted by molar-refractivity contribution is 0.106. The van der Waals surface area contributed by atoms with Crippen LogP contribution in [0, 0.1) is 0 Å². The lowest BCUT2D eigenvalue weighted by atomic mass is 10.1. The number of ether oxygens (including phenoxy) is 1. The molecule has 0 radical (unpaired) electrons. The Morgan fingerprint density at radius 2 is 1.70 bits per heavy atom. The molecular weight excluding hydrogens is 286 g/mol. The van der Waals surface area contributed by atoms with E-state index < -0.39 is 0 Å². The minimum Gasteiger partial charge on any atom is -0.375 e. The quantitative estimate of drug-likeness (QED) is 0.658. The summed E-state index contributed by atoms with van der Waals surface area (Å²) in [5, 5.41) is 3.39. The second-order valence-corrected chi connectivity index (χ2v) is 5.40. The molecular formula is C19H25N3O. The van der Waals surface area contributed by atoms with E-state index in [-0.39, 0.29) is 6.10 Å². The Morgan fingerprint density at radius 1 is 1.09 bits per heavy atom. The minimum atomic E-state index is -0.00178. The van der Waals surface area contributed by atoms with Crippen LogP contribution < -0.4 is 5.32 Å². The zero-order valence-electron chi connectivity index (χ0n) is 14.1. The van der Waals surface area contributed by atoms with Crippen LogP contribution in [0.3, 0.4) is 0 Å². The summed E-state index contributed by atoms with van der Waals surface area (Å²) < 4.78 is 5.59. The molecule has 2 rings (SSSR count). The fourth-order valence-corrected chi connectivity index (χ4v) is 2.51. The summed E-state index contributed by atoms with van der Waals surface area (Å²) in [5.41, 5.74) is 2.41. The minimum absolute atomic E-state index is 0.00178. The Kier molecular flexibility index (Phi) is 6.63. The van der Waals surface area contributed by atoms with E-state index in [9.17, 15) is 0 Å². The zero-order valence-corrected chi connectivity index (χ0v) is 14.1. The number of guanidine groups is 1. The van der Waals surface area contributed by atoms with E-state index in [1.807, 2.05) is 31.3 Å². The molecule has 1 N–H and O–H groups in total. The summed E-state index contributed by atoms with van der Waals surface area (Å²) in [5.74, 6) is 0.854. The van der Waals surface area contributed by atoms with E-state index in [1.165, 1.54) is 5.56 Å². The second kappa shape index (κ2) is 8.96. The highest BCUT2D eigenvalue weighted by atomic mass is 16.5. The Morgan fingerprint density at radius 3 is 2.26 bits per heavy atom. The molecule has 0 amide bonds. The van der Waals surface area contributed by atoms with E-state index in [0.29, 0.717) is 6.54 Å². The standard InChI is InChI=1S/C19H25N3O/c1-20-19(22(2)15-16-10-6-4-7-11-16)21-14-18(23-3)17-12-8-5-9-13-17/h4-13,18H,14-15H2,1-3H3,(H,20,21). The van der Waals surface area contributed by atoms with Gasteiger partial charge in [-0.25, -0.2) is 0 Å². The molecule has 0 saturated carbocycles. The van der Waals surface area contributed by atoms with Crippen LogP contribution in [0.4, 0.5) is 0 Å². The Bertz CT molecular complexity index is 599. The van der Waals surface area contributed by atoms with Gasteiger partial charge in [-0.05, 0) is 11.1 Å². The Hall–Kier alpha value is -2.33. The van der Waals surface area contributed by atoms with Gasteiger partial charge >= 0.3 is 0 Å². The lowest BCUT2D eigenvalue weighted by Crippen LogP contribution is -2.40. The highest BCUT2D eigenvalue weighted by Crippen LogP contribution is 2.15. The van der Waals surface area contributed by atoms with E-state index in [2.05, 4.69) is 51.6 Å². The third kappa shape index (κ3) is 5.11. The van der Waals surface area contributed by atoms with Crippen LogP contribution in [0.1, 0.15) is 17.2 Å². The fraction of sp³-hybridized carbons (Fsp3) is 0.316. The average Bonchev–Trinajstić information content (AvgIpc) is 2.60. The molecule has 0 saturated heterocycles. The number of methoxy groups -OCH3 is 1. The largest absolute Gasteiger partial charge is 0.375 e. The van der Waals surface area contributed by atoms with Crippen molar-refractivity contribution in [3.05, 3.63) is 71.8 Å². The van der Waals surface area contributed by atoms with Crippen molar-refractivity contribution < 1.29 is 4.74 Å². The van der Waals surface area contributed by atoms with Gasteiger partial charge < -0.3 is 15.0 Å². The zero-order chi connectivity index (χ0) is 16.5. The molecule has 0 spiro atoms. The van der Waals surface area contributed by atoms with Crippen molar-refractivity contribution >= 4 is 5.96 Å². The fourth-order valence-electron chi connectivity index (χ4n) is 2.51. The van der Waals surface area contributed by atoms with Gasteiger partial charge in [0.05, 0.1) is 6.10 Å². The van der Waals surface area contributed by atoms with E-state index >= 15 is 0 Å². The summed E-state index contributed by atoms with van der Waals surface area (Å²) in [6, 6.07) is 20.6. The maximum atomic E-state index is 5.59. The van der Waals surface area contributed by atoms with Crippen LogP contribution in [0.2, 0.25) is 0 Å². The third-order valence-corrected chi connectivity index (χ3v) is 3.74. The van der Waals surface area contributed by atoms with Gasteiger partial charge in [0, 0.05) is 34.3 Å². The lowest BCUT2D eigenvalue weighted by Gasteiger charge is -2.24. The molecule has 1 unspecified atom stereocenters. The first kappa shape index (κ1) is 17.0. The van der Waals surface area contributed by atoms with Gasteiger partial charge in [0.1, 0.15) is 0 Å². The van der Waals surface area contributed by atoms with Gasteiger partial charge in [-0.15, -0.1) is 0 Å². The van der Waals surface area contributed by atoms with Crippen molar-refractivity contribution in [3.8, 4) is 0 Å². The monoisotopic (exact) mass is 311 g/mol. The van der Waals surface area contributed by atoms with Crippen LogP contribution in [0.5, 0.6) is 0 Å². The van der Waals surface area contributed by atoms with Crippen molar-refractivity contribution in [1.82, 2.24) is 10.2 Å². The number of nitrogens with zero attached hydrogens (tertiary/aromatic N) is 2. The molecule has 0 bridgehead atoms. The molecule has 0 aromatic heterocycles. The predicted octanol–water partition coefficient (Wildman–Crippen LogP) is 3.08. The maximum absolute atomic E-state index is 5.59. The molecule has 0 aliphatic rings. The first-order chi connectivity index (χ1) is 11.2. The molecule has 4 heteroatoms. The molecule has 4 nitrogen and oxygen atoms in total. The van der Waals surface area contributed by atoms with Crippen molar-refractivity contribution in [3.63, 3.8) is 0 Å². The van der Waals surface area contributed by atoms with Crippen LogP contribution in [-0.4, -0.2) is 38.6 Å². The van der Waals surface area contributed by atoms with E-state index in [4.69, 9.17) is 4.74 Å². The van der Waals surface area contributed by atoms with Gasteiger partial charge in [-0.2, -0.15) is 0 Å². The number of nitrogens with one attached hydrogen (secondary N) is 1. The Balaban J connectivity index is 1.94. The van der Waals surface area contributed by atoms with Crippen LogP contribution >= 0.6 is 0 Å². The van der Waals surface area contributed by atoms with Gasteiger partial charge in [-0.1, -0.05) is 60.7 Å². The van der Waals surface area contributed by atoms with Gasteiger partial charge in [0.25, 0.3) is 0 Å². The molecule has 1 atom stereocenters. The summed E-state index contributed by atoms with van der Waals surface area (Å²) in [4.78, 5) is 6.46. The summed E-state index contributed by atoms with van der Waals surface area (Å²) >= 11 is 0. The van der Waals surface area contributed by atoms with E-state index in [1.54, 1.807) is 14.2 Å². The smallest absolute Gasteiger partial charge is 0.193 e. The van der Waals surface area contributed by atoms with Crippen LogP contribution in [0.25, 0.3) is 0 Å². The molecule has 2 aromatic carbocycles. The highest BCUT2D eigenvalue weighted by molar-refractivity contribution is 5.79. The van der Waals surface area contributed by atoms with Crippen molar-refractivity contribution in [2.45, 2.75) is 12.6 Å². The number of rotatable bonds is 6. The molecule has 0 aliphatic carbocycles. The SMILES string of the molecule is CN=C(NCC(OC)c1ccccc1)N(C)Cc1ccccc1. The molecule has 0 aliphatic heterocycles. The number of aliphatic imine (C=N–C) groups is 1. The first-order valence-electron chi connectivity index (χ1n) is 7.78. The molecule has 2 aromatic rings. The van der Waals surface area contributed by atoms with Gasteiger partial charge in [0.2, 0.25) is 0 Å². The number of hydrogen-bond acceptors (Lipinski definition) is 2. The van der Waals surface area contributed by atoms with Gasteiger partial charge in [0.15, 0.2) is 5.96 Å².